The van der Waals surface area contributed by atoms with Gasteiger partial charge in [0.15, 0.2) is 0 Å². The second-order valence-corrected chi connectivity index (χ2v) is 5.05. The van der Waals surface area contributed by atoms with Crippen molar-refractivity contribution in [2.75, 3.05) is 13.2 Å². The Kier molecular flexibility index (Phi) is 14.8. The van der Waals surface area contributed by atoms with Crippen LogP contribution >= 0.6 is 9.47 Å². The van der Waals surface area contributed by atoms with Crippen molar-refractivity contribution in [1.82, 2.24) is 0 Å². The third-order valence-electron chi connectivity index (χ3n) is 2.96. The summed E-state index contributed by atoms with van der Waals surface area (Å²) in [5.41, 5.74) is 0. The first-order valence-electron chi connectivity index (χ1n) is 7.28. The molecule has 0 aliphatic rings. The van der Waals surface area contributed by atoms with Gasteiger partial charge in [-0.15, -0.1) is 0 Å². The van der Waals surface area contributed by atoms with E-state index in [4.69, 9.17) is 4.74 Å². The molecule has 1 atom stereocenters. The van der Waals surface area contributed by atoms with Crippen LogP contribution in [0.15, 0.2) is 0 Å². The minimum Gasteiger partial charge on any atom is -0.464 e. The summed E-state index contributed by atoms with van der Waals surface area (Å²) in [6.07, 6.45) is 12.9. The lowest BCUT2D eigenvalue weighted by molar-refractivity contribution is -0.145. The zero-order valence-electron chi connectivity index (χ0n) is 11.8. The molecular formula is C14H29O3P. The van der Waals surface area contributed by atoms with Crippen LogP contribution in [-0.4, -0.2) is 19.2 Å². The van der Waals surface area contributed by atoms with E-state index in [0.717, 1.165) is 12.8 Å². The largest absolute Gasteiger partial charge is 0.464 e. The molecule has 0 heterocycles. The Bertz CT molecular complexity index is 186. The molecule has 3 nitrogen and oxygen atoms in total. The van der Waals surface area contributed by atoms with E-state index in [1.54, 1.807) is 0 Å². The molecule has 108 valence electrons. The quantitative estimate of drug-likeness (QED) is 0.286. The molecule has 0 aromatic rings. The summed E-state index contributed by atoms with van der Waals surface area (Å²) in [4.78, 5) is 10.9. The first kappa shape index (κ1) is 17.9. The fourth-order valence-electron chi connectivity index (χ4n) is 1.89. The average molecular weight is 276 g/mol. The summed E-state index contributed by atoms with van der Waals surface area (Å²) in [7, 11) is 2.04. The van der Waals surface area contributed by atoms with Crippen molar-refractivity contribution in [3.8, 4) is 0 Å². The van der Waals surface area contributed by atoms with Crippen molar-refractivity contribution >= 4 is 15.4 Å². The van der Waals surface area contributed by atoms with Crippen LogP contribution in [0.1, 0.15) is 71.1 Å². The van der Waals surface area contributed by atoms with Gasteiger partial charge in [0.2, 0.25) is 0 Å². The first-order chi connectivity index (χ1) is 8.81. The number of ether oxygens (including phenoxy) is 1. The Morgan fingerprint density at radius 1 is 0.889 bits per heavy atom. The van der Waals surface area contributed by atoms with Crippen LogP contribution in [0.4, 0.5) is 0 Å². The predicted molar refractivity (Wildman–Crippen MR) is 78.5 cm³/mol. The molecule has 4 heteroatoms. The summed E-state index contributed by atoms with van der Waals surface area (Å²) in [5.74, 6) is -0.277. The summed E-state index contributed by atoms with van der Waals surface area (Å²) >= 11 is 0. The Balaban J connectivity index is 3.01. The lowest BCUT2D eigenvalue weighted by Crippen LogP contribution is -2.10. The van der Waals surface area contributed by atoms with Gasteiger partial charge >= 0.3 is 5.97 Å². The van der Waals surface area contributed by atoms with E-state index in [9.17, 15) is 4.79 Å². The topological polar surface area (TPSA) is 35.5 Å². The van der Waals surface area contributed by atoms with Gasteiger partial charge in [0.25, 0.3) is 0 Å². The molecule has 0 saturated heterocycles. The molecule has 0 saturated carbocycles. The van der Waals surface area contributed by atoms with Gasteiger partial charge < -0.3 is 9.26 Å². The van der Waals surface area contributed by atoms with Crippen molar-refractivity contribution < 1.29 is 14.1 Å². The van der Waals surface area contributed by atoms with Gasteiger partial charge in [-0.1, -0.05) is 64.7 Å². The number of hydrogen-bond donors (Lipinski definition) is 0. The van der Waals surface area contributed by atoms with Gasteiger partial charge in [0.05, 0.1) is 6.61 Å². The van der Waals surface area contributed by atoms with Crippen LogP contribution in [0.5, 0.6) is 0 Å². The molecule has 18 heavy (non-hydrogen) atoms. The SMILES string of the molecule is CCCCCCCCCCCCOC(=O)COP. The fraction of sp³-hybridized carbons (Fsp3) is 0.929. The molecule has 0 spiro atoms. The Labute approximate surface area is 114 Å². The Hall–Kier alpha value is -0.140. The number of carbonyl (C=O) groups is 1. The highest BCUT2D eigenvalue weighted by atomic mass is 31.0. The van der Waals surface area contributed by atoms with E-state index in [-0.39, 0.29) is 12.6 Å². The Morgan fingerprint density at radius 3 is 1.89 bits per heavy atom. The van der Waals surface area contributed by atoms with Crippen LogP contribution in [0.25, 0.3) is 0 Å². The molecule has 0 fully saturated rings. The van der Waals surface area contributed by atoms with E-state index in [0.29, 0.717) is 6.61 Å². The summed E-state index contributed by atoms with van der Waals surface area (Å²) in [5, 5.41) is 0. The lowest BCUT2D eigenvalue weighted by Gasteiger charge is -2.04. The van der Waals surface area contributed by atoms with Gasteiger partial charge in [-0.2, -0.15) is 0 Å². The third kappa shape index (κ3) is 13.9. The number of esters is 1. The van der Waals surface area contributed by atoms with Crippen LogP contribution in [-0.2, 0) is 14.1 Å². The highest BCUT2D eigenvalue weighted by molar-refractivity contribution is 7.09. The van der Waals surface area contributed by atoms with Crippen LogP contribution < -0.4 is 0 Å². The number of hydrogen-bond acceptors (Lipinski definition) is 3. The number of carbonyl (C=O) groups excluding carboxylic acids is 1. The van der Waals surface area contributed by atoms with Gasteiger partial charge in [-0.05, 0) is 6.42 Å². The summed E-state index contributed by atoms with van der Waals surface area (Å²) < 4.78 is 9.57. The van der Waals surface area contributed by atoms with Crippen LogP contribution in [0.2, 0.25) is 0 Å². The van der Waals surface area contributed by atoms with Gasteiger partial charge in [0, 0.05) is 9.47 Å². The first-order valence-corrected chi connectivity index (χ1v) is 7.75. The van der Waals surface area contributed by atoms with E-state index >= 15 is 0 Å². The number of unbranched alkanes of at least 4 members (excludes halogenated alkanes) is 9. The average Bonchev–Trinajstić information content (AvgIpc) is 2.36. The van der Waals surface area contributed by atoms with E-state index < -0.39 is 0 Å². The van der Waals surface area contributed by atoms with Crippen LogP contribution in [0.3, 0.4) is 0 Å². The maximum atomic E-state index is 10.9. The zero-order chi connectivity index (χ0) is 13.5. The van der Waals surface area contributed by atoms with Crippen molar-refractivity contribution in [1.29, 1.82) is 0 Å². The minimum absolute atomic E-state index is 0.0302. The Morgan fingerprint density at radius 2 is 1.39 bits per heavy atom. The molecule has 0 aromatic heterocycles. The van der Waals surface area contributed by atoms with Crippen molar-refractivity contribution in [3.05, 3.63) is 0 Å². The molecule has 0 aliphatic carbocycles. The molecule has 0 N–H and O–H groups in total. The normalized spacial score (nSPS) is 10.6. The van der Waals surface area contributed by atoms with Gasteiger partial charge in [0.1, 0.15) is 6.61 Å². The maximum Gasteiger partial charge on any atom is 0.332 e. The number of rotatable bonds is 13. The van der Waals surface area contributed by atoms with Crippen LogP contribution in [0, 0.1) is 0 Å². The second kappa shape index (κ2) is 14.9. The monoisotopic (exact) mass is 276 g/mol. The van der Waals surface area contributed by atoms with Crippen molar-refractivity contribution in [2.45, 2.75) is 71.1 Å². The van der Waals surface area contributed by atoms with Gasteiger partial charge in [-0.3, -0.25) is 0 Å². The molecule has 0 amide bonds. The van der Waals surface area contributed by atoms with Crippen molar-refractivity contribution in [3.63, 3.8) is 0 Å². The maximum absolute atomic E-state index is 10.9. The van der Waals surface area contributed by atoms with Gasteiger partial charge in [-0.25, -0.2) is 4.79 Å². The van der Waals surface area contributed by atoms with E-state index in [2.05, 4.69) is 11.4 Å². The van der Waals surface area contributed by atoms with Crippen molar-refractivity contribution in [2.24, 2.45) is 0 Å². The third-order valence-corrected chi connectivity index (χ3v) is 3.13. The molecule has 0 aromatic carbocycles. The zero-order valence-corrected chi connectivity index (χ0v) is 12.9. The fourth-order valence-corrected chi connectivity index (χ4v) is 2.02. The lowest BCUT2D eigenvalue weighted by atomic mass is 10.1. The molecule has 0 bridgehead atoms. The molecule has 0 radical (unpaired) electrons. The standard InChI is InChI=1S/C14H29O3P/c1-2-3-4-5-6-7-8-9-10-11-12-16-14(15)13-17-18/h2-13,18H2,1H3. The highest BCUT2D eigenvalue weighted by Crippen LogP contribution is 2.10. The second-order valence-electron chi connectivity index (χ2n) is 4.71. The molecular weight excluding hydrogens is 247 g/mol. The minimum atomic E-state index is -0.277. The smallest absolute Gasteiger partial charge is 0.332 e. The van der Waals surface area contributed by atoms with E-state index in [1.807, 2.05) is 9.47 Å². The predicted octanol–water partition coefficient (Wildman–Crippen LogP) is 4.26. The summed E-state index contributed by atoms with van der Waals surface area (Å²) in [6, 6.07) is 0. The highest BCUT2D eigenvalue weighted by Gasteiger charge is 2.00. The summed E-state index contributed by atoms with van der Waals surface area (Å²) in [6.45, 7) is 2.81. The molecule has 1 unspecified atom stereocenters. The van der Waals surface area contributed by atoms with E-state index in [1.165, 1.54) is 51.4 Å². The molecule has 0 rings (SSSR count). The molecule has 0 aliphatic heterocycles.